The lowest BCUT2D eigenvalue weighted by molar-refractivity contribution is 0.102. The highest BCUT2D eigenvalue weighted by molar-refractivity contribution is 7.98. The maximum Gasteiger partial charge on any atom is 0.255 e. The van der Waals surface area contributed by atoms with E-state index >= 15 is 0 Å². The molecule has 0 radical (unpaired) electrons. The number of rotatable bonds is 5. The van der Waals surface area contributed by atoms with Crippen LogP contribution in [-0.2, 0) is 5.75 Å². The Kier molecular flexibility index (Phi) is 5.56. The maximum atomic E-state index is 12.4. The molecule has 0 aliphatic rings. The highest BCUT2D eigenvalue weighted by atomic mass is 32.2. The van der Waals surface area contributed by atoms with Crippen molar-refractivity contribution in [3.05, 3.63) is 75.2 Å². The van der Waals surface area contributed by atoms with Crippen molar-refractivity contribution in [1.82, 2.24) is 4.98 Å². The number of nitrogens with zero attached hydrogens (tertiary/aromatic N) is 1. The molecule has 128 valence electrons. The Morgan fingerprint density at radius 3 is 2.56 bits per heavy atom. The molecule has 3 aromatic rings. The summed E-state index contributed by atoms with van der Waals surface area (Å²) >= 11 is 3.40. The quantitative estimate of drug-likeness (QED) is 0.595. The Hall–Kier alpha value is -2.11. The highest BCUT2D eigenvalue weighted by Crippen LogP contribution is 2.24. The number of nitrogens with one attached hydrogen (secondary N) is 1. The number of benzene rings is 2. The second kappa shape index (κ2) is 7.85. The van der Waals surface area contributed by atoms with Crippen molar-refractivity contribution in [2.45, 2.75) is 31.4 Å². The van der Waals surface area contributed by atoms with Crippen LogP contribution in [0.1, 0.15) is 32.2 Å². The van der Waals surface area contributed by atoms with Gasteiger partial charge in [0.15, 0.2) is 0 Å². The van der Waals surface area contributed by atoms with Crippen LogP contribution in [0.4, 0.5) is 5.69 Å². The van der Waals surface area contributed by atoms with Crippen molar-refractivity contribution >= 4 is 34.7 Å². The number of thioether (sulfide) groups is 1. The molecule has 0 bridgehead atoms. The molecular formula is C20H20N2OS2. The van der Waals surface area contributed by atoms with Gasteiger partial charge in [-0.15, -0.1) is 23.1 Å². The number of hydrogen-bond acceptors (Lipinski definition) is 4. The molecule has 2 aromatic carbocycles. The van der Waals surface area contributed by atoms with E-state index in [4.69, 9.17) is 0 Å². The minimum atomic E-state index is -0.0830. The largest absolute Gasteiger partial charge is 0.322 e. The van der Waals surface area contributed by atoms with Crippen LogP contribution in [0.2, 0.25) is 0 Å². The highest BCUT2D eigenvalue weighted by Gasteiger charge is 2.09. The van der Waals surface area contributed by atoms with Crippen molar-refractivity contribution in [1.29, 1.82) is 0 Å². The van der Waals surface area contributed by atoms with Crippen LogP contribution in [0, 0.1) is 20.8 Å². The third-order valence-corrected chi connectivity index (χ3v) is 5.89. The molecule has 0 aliphatic heterocycles. The maximum absolute atomic E-state index is 12.4. The van der Waals surface area contributed by atoms with Crippen molar-refractivity contribution in [2.24, 2.45) is 0 Å². The van der Waals surface area contributed by atoms with E-state index in [1.54, 1.807) is 23.1 Å². The number of carbonyl (C=O) groups is 1. The van der Waals surface area contributed by atoms with E-state index in [0.717, 1.165) is 32.6 Å². The van der Waals surface area contributed by atoms with E-state index in [1.807, 2.05) is 63.2 Å². The van der Waals surface area contributed by atoms with Gasteiger partial charge in [-0.2, -0.15) is 0 Å². The van der Waals surface area contributed by atoms with E-state index in [1.165, 1.54) is 5.56 Å². The molecule has 3 nitrogen and oxygen atoms in total. The first-order valence-electron chi connectivity index (χ1n) is 8.04. The second-order valence-electron chi connectivity index (χ2n) is 5.87. The molecule has 0 spiro atoms. The van der Waals surface area contributed by atoms with E-state index in [2.05, 4.69) is 15.7 Å². The van der Waals surface area contributed by atoms with Crippen LogP contribution in [0.3, 0.4) is 0 Å². The molecular weight excluding hydrogens is 348 g/mol. The van der Waals surface area contributed by atoms with Crippen molar-refractivity contribution in [2.75, 3.05) is 5.32 Å². The predicted molar refractivity (Wildman–Crippen MR) is 107 cm³/mol. The Bertz CT molecular complexity index is 885. The number of anilines is 1. The molecule has 0 atom stereocenters. The topological polar surface area (TPSA) is 42.0 Å². The summed E-state index contributed by atoms with van der Waals surface area (Å²) < 4.78 is 0. The van der Waals surface area contributed by atoms with Crippen LogP contribution >= 0.6 is 23.1 Å². The molecule has 0 aliphatic carbocycles. The predicted octanol–water partition coefficient (Wildman–Crippen LogP) is 5.61. The van der Waals surface area contributed by atoms with Gasteiger partial charge in [-0.3, -0.25) is 4.79 Å². The zero-order chi connectivity index (χ0) is 17.8. The van der Waals surface area contributed by atoms with E-state index in [-0.39, 0.29) is 5.91 Å². The molecule has 0 unspecified atom stereocenters. The third kappa shape index (κ3) is 4.50. The number of thiazole rings is 1. The summed E-state index contributed by atoms with van der Waals surface area (Å²) in [5, 5.41) is 6.18. The molecule has 1 N–H and O–H groups in total. The Balaban J connectivity index is 1.63. The molecule has 5 heteroatoms. The lowest BCUT2D eigenvalue weighted by Crippen LogP contribution is -2.12. The van der Waals surface area contributed by atoms with Gasteiger partial charge in [-0.25, -0.2) is 4.98 Å². The van der Waals surface area contributed by atoms with Crippen molar-refractivity contribution in [3.63, 3.8) is 0 Å². The molecule has 0 saturated heterocycles. The summed E-state index contributed by atoms with van der Waals surface area (Å²) in [5.74, 6) is 0.763. The van der Waals surface area contributed by atoms with Gasteiger partial charge in [-0.05, 0) is 62.2 Å². The smallest absolute Gasteiger partial charge is 0.255 e. The van der Waals surface area contributed by atoms with Crippen molar-refractivity contribution < 1.29 is 4.79 Å². The van der Waals surface area contributed by atoms with E-state index in [9.17, 15) is 4.79 Å². The zero-order valence-corrected chi connectivity index (χ0v) is 16.1. The summed E-state index contributed by atoms with van der Waals surface area (Å²) in [7, 11) is 0. The molecule has 3 rings (SSSR count). The number of hydrogen-bond donors (Lipinski definition) is 1. The first kappa shape index (κ1) is 17.7. The van der Waals surface area contributed by atoms with Gasteiger partial charge in [0, 0.05) is 27.3 Å². The Morgan fingerprint density at radius 2 is 1.88 bits per heavy atom. The van der Waals surface area contributed by atoms with Crippen molar-refractivity contribution in [3.8, 4) is 0 Å². The average molecular weight is 369 g/mol. The molecule has 1 amide bonds. The fraction of sp³-hybridized carbons (Fsp3) is 0.200. The van der Waals surface area contributed by atoms with Crippen LogP contribution in [0.5, 0.6) is 0 Å². The minimum absolute atomic E-state index is 0.0830. The van der Waals surface area contributed by atoms with E-state index in [0.29, 0.717) is 5.56 Å². The monoisotopic (exact) mass is 368 g/mol. The molecule has 25 heavy (non-hydrogen) atoms. The standard InChI is InChI=1S/C20H20N2OS2/c1-13-5-4-6-19(14(13)2)22-20(23)16-7-9-18(10-8-16)25-12-17-11-24-15(3)21-17/h4-11H,12H2,1-3H3,(H,22,23). The molecule has 0 saturated carbocycles. The first-order chi connectivity index (χ1) is 12.0. The Labute approximate surface area is 156 Å². The number of amides is 1. The van der Waals surface area contributed by atoms with Gasteiger partial charge in [0.2, 0.25) is 0 Å². The second-order valence-corrected chi connectivity index (χ2v) is 7.98. The molecule has 0 fully saturated rings. The fourth-order valence-corrected chi connectivity index (χ4v) is 3.92. The minimum Gasteiger partial charge on any atom is -0.322 e. The number of aromatic nitrogens is 1. The van der Waals surface area contributed by atoms with Gasteiger partial charge in [0.1, 0.15) is 0 Å². The summed E-state index contributed by atoms with van der Waals surface area (Å²) in [5.41, 5.74) is 4.89. The van der Waals surface area contributed by atoms with Crippen LogP contribution in [0.25, 0.3) is 0 Å². The summed E-state index contributed by atoms with van der Waals surface area (Å²) in [6.45, 7) is 6.08. The zero-order valence-electron chi connectivity index (χ0n) is 14.5. The van der Waals surface area contributed by atoms with Gasteiger partial charge < -0.3 is 5.32 Å². The SMILES string of the molecule is Cc1nc(CSc2ccc(C(=O)Nc3cccc(C)c3C)cc2)cs1. The van der Waals surface area contributed by atoms with E-state index < -0.39 is 0 Å². The third-order valence-electron chi connectivity index (χ3n) is 4.02. The fourth-order valence-electron chi connectivity index (χ4n) is 2.42. The average Bonchev–Trinajstić information content (AvgIpc) is 3.03. The number of carbonyl (C=O) groups excluding carboxylic acids is 1. The van der Waals surface area contributed by atoms with Gasteiger partial charge in [-0.1, -0.05) is 12.1 Å². The Morgan fingerprint density at radius 1 is 1.12 bits per heavy atom. The normalized spacial score (nSPS) is 10.7. The summed E-state index contributed by atoms with van der Waals surface area (Å²) in [4.78, 5) is 18.0. The molecule has 1 aromatic heterocycles. The summed E-state index contributed by atoms with van der Waals surface area (Å²) in [6.07, 6.45) is 0. The lowest BCUT2D eigenvalue weighted by atomic mass is 10.1. The van der Waals surface area contributed by atoms with Crippen LogP contribution < -0.4 is 5.32 Å². The van der Waals surface area contributed by atoms with Gasteiger partial charge in [0.25, 0.3) is 5.91 Å². The van der Waals surface area contributed by atoms with Crippen LogP contribution in [-0.4, -0.2) is 10.9 Å². The first-order valence-corrected chi connectivity index (χ1v) is 9.91. The van der Waals surface area contributed by atoms with Crippen LogP contribution in [0.15, 0.2) is 52.7 Å². The number of aryl methyl sites for hydroxylation is 2. The lowest BCUT2D eigenvalue weighted by Gasteiger charge is -2.10. The summed E-state index contributed by atoms with van der Waals surface area (Å²) in [6, 6.07) is 13.6. The molecule has 1 heterocycles. The van der Waals surface area contributed by atoms with Gasteiger partial charge >= 0.3 is 0 Å². The van der Waals surface area contributed by atoms with Gasteiger partial charge in [0.05, 0.1) is 10.7 Å².